The van der Waals surface area contributed by atoms with Gasteiger partial charge in [-0.1, -0.05) is 5.16 Å². The molecule has 0 bridgehead atoms. The molecule has 136 valence electrons. The number of aromatic nitrogens is 4. The second-order valence-electron chi connectivity index (χ2n) is 5.18. The number of carbonyl (C=O) groups excluding carboxylic acids is 1. The highest BCUT2D eigenvalue weighted by molar-refractivity contribution is 5.83. The van der Waals surface area contributed by atoms with Crippen molar-refractivity contribution >= 4 is 12.0 Å². The summed E-state index contributed by atoms with van der Waals surface area (Å²) < 4.78 is 5.10. The van der Waals surface area contributed by atoms with Gasteiger partial charge < -0.3 is 25.4 Å². The molecule has 0 saturated heterocycles. The Morgan fingerprint density at radius 1 is 1.38 bits per heavy atom. The Bertz CT molecular complexity index is 800. The summed E-state index contributed by atoms with van der Waals surface area (Å²) in [4.78, 5) is 35.1. The van der Waals surface area contributed by atoms with E-state index >= 15 is 0 Å². The highest BCUT2D eigenvalue weighted by Gasteiger charge is 2.27. The maximum atomic E-state index is 12.0. The third kappa shape index (κ3) is 4.74. The Balaban J connectivity index is 2.12. The first-order valence-corrected chi connectivity index (χ1v) is 7.43. The quantitative estimate of drug-likeness (QED) is 0.486. The summed E-state index contributed by atoms with van der Waals surface area (Å²) in [6.45, 7) is 1.24. The summed E-state index contributed by atoms with van der Waals surface area (Å²) in [6, 6.07) is -3.21. The van der Waals surface area contributed by atoms with Gasteiger partial charge in [0.05, 0.1) is 12.3 Å². The van der Waals surface area contributed by atoms with E-state index in [4.69, 9.17) is 16.1 Å². The molecule has 2 aromatic rings. The number of nitrogens with one attached hydrogen (secondary N) is 2. The molecule has 0 aromatic carbocycles. The number of amides is 2. The summed E-state index contributed by atoms with van der Waals surface area (Å²) in [5, 5.41) is 26.7. The Morgan fingerprint density at radius 3 is 2.73 bits per heavy atom. The molecule has 0 saturated carbocycles. The molecule has 2 amide bonds. The first-order valence-electron chi connectivity index (χ1n) is 7.43. The van der Waals surface area contributed by atoms with Crippen LogP contribution in [0, 0.1) is 12.3 Å². The number of urea groups is 1. The molecule has 2 rings (SSSR count). The van der Waals surface area contributed by atoms with Gasteiger partial charge in [-0.05, 0) is 6.92 Å². The van der Waals surface area contributed by atoms with Gasteiger partial charge in [0.15, 0.2) is 6.04 Å². The lowest BCUT2D eigenvalue weighted by Crippen LogP contribution is -2.51. The zero-order valence-corrected chi connectivity index (χ0v) is 13.7. The topological polar surface area (TPSA) is 163 Å². The van der Waals surface area contributed by atoms with Crippen LogP contribution in [0.4, 0.5) is 4.79 Å². The predicted molar refractivity (Wildman–Crippen MR) is 86.3 cm³/mol. The molecule has 0 unspecified atom stereocenters. The Kier molecular flexibility index (Phi) is 6.18. The second kappa shape index (κ2) is 8.54. The largest absolute Gasteiger partial charge is 0.480 e. The van der Waals surface area contributed by atoms with Gasteiger partial charge in [0, 0.05) is 18.8 Å². The molecule has 3 atom stereocenters. The number of carboxylic acid groups (broad SMARTS) is 1. The highest BCUT2D eigenvalue weighted by atomic mass is 16.5. The van der Waals surface area contributed by atoms with Crippen molar-refractivity contribution in [3.8, 4) is 23.9 Å². The predicted octanol–water partition coefficient (Wildman–Crippen LogP) is -0.276. The summed E-state index contributed by atoms with van der Waals surface area (Å²) in [7, 11) is 0. The van der Waals surface area contributed by atoms with Gasteiger partial charge in [-0.3, -0.25) is 4.98 Å². The fraction of sp³-hybridized carbons (Fsp3) is 0.333. The van der Waals surface area contributed by atoms with Crippen LogP contribution in [0.25, 0.3) is 11.5 Å². The number of aliphatic hydroxyl groups excluding tert-OH is 1. The van der Waals surface area contributed by atoms with E-state index in [2.05, 4.69) is 36.7 Å². The summed E-state index contributed by atoms with van der Waals surface area (Å²) in [5.41, 5.74) is 0.367. The van der Waals surface area contributed by atoms with Gasteiger partial charge in [0.25, 0.3) is 5.89 Å². The van der Waals surface area contributed by atoms with Crippen LogP contribution >= 0.6 is 0 Å². The molecule has 4 N–H and O–H groups in total. The molecule has 0 fully saturated rings. The van der Waals surface area contributed by atoms with Crippen LogP contribution in [-0.2, 0) is 4.79 Å². The SMILES string of the molecule is C#CC[C@H](NC(=O)N[C@H](C(=O)O)[C@@H](C)O)c1nc(-c2cnccn2)no1. The lowest BCUT2D eigenvalue weighted by molar-refractivity contribution is -0.141. The Hall–Kier alpha value is -3.52. The number of nitrogens with zero attached hydrogens (tertiary/aromatic N) is 4. The summed E-state index contributed by atoms with van der Waals surface area (Å²) >= 11 is 0. The smallest absolute Gasteiger partial charge is 0.328 e. The molecule has 0 aliphatic carbocycles. The maximum absolute atomic E-state index is 12.0. The Labute approximate surface area is 147 Å². The summed E-state index contributed by atoms with van der Waals surface area (Å²) in [6.07, 6.45) is 8.39. The van der Waals surface area contributed by atoms with Crippen molar-refractivity contribution in [2.24, 2.45) is 0 Å². The van der Waals surface area contributed by atoms with Crippen LogP contribution in [0.3, 0.4) is 0 Å². The molecule has 2 heterocycles. The molecule has 11 nitrogen and oxygen atoms in total. The van der Waals surface area contributed by atoms with Gasteiger partial charge in [-0.2, -0.15) is 4.98 Å². The van der Waals surface area contributed by atoms with Crippen molar-refractivity contribution in [2.75, 3.05) is 0 Å². The third-order valence-corrected chi connectivity index (χ3v) is 3.19. The monoisotopic (exact) mass is 360 g/mol. The number of aliphatic carboxylic acids is 1. The zero-order valence-electron chi connectivity index (χ0n) is 13.7. The van der Waals surface area contributed by atoms with E-state index in [1.165, 1.54) is 25.5 Å². The van der Waals surface area contributed by atoms with Crippen molar-refractivity contribution in [1.82, 2.24) is 30.7 Å². The van der Waals surface area contributed by atoms with Crippen LogP contribution in [0.1, 0.15) is 25.3 Å². The molecule has 0 radical (unpaired) electrons. The van der Waals surface area contributed by atoms with E-state index in [1.807, 2.05) is 0 Å². The minimum atomic E-state index is -1.49. The fourth-order valence-electron chi connectivity index (χ4n) is 1.94. The van der Waals surface area contributed by atoms with E-state index < -0.39 is 30.2 Å². The van der Waals surface area contributed by atoms with Crippen molar-refractivity contribution in [3.63, 3.8) is 0 Å². The minimum absolute atomic E-state index is 0.0158. The first kappa shape index (κ1) is 18.8. The maximum Gasteiger partial charge on any atom is 0.328 e. The summed E-state index contributed by atoms with van der Waals surface area (Å²) in [5.74, 6) is 1.15. The van der Waals surface area contributed by atoms with Gasteiger partial charge in [0.1, 0.15) is 11.7 Å². The molecule has 2 aromatic heterocycles. The van der Waals surface area contributed by atoms with Crippen molar-refractivity contribution < 1.29 is 24.3 Å². The van der Waals surface area contributed by atoms with Gasteiger partial charge >= 0.3 is 12.0 Å². The molecule has 26 heavy (non-hydrogen) atoms. The number of carbonyl (C=O) groups is 2. The van der Waals surface area contributed by atoms with Gasteiger partial charge in [-0.25, -0.2) is 14.6 Å². The molecule has 0 aliphatic rings. The van der Waals surface area contributed by atoms with Gasteiger partial charge in [-0.15, -0.1) is 12.3 Å². The highest BCUT2D eigenvalue weighted by Crippen LogP contribution is 2.18. The number of hydrogen-bond acceptors (Lipinski definition) is 8. The average Bonchev–Trinajstić information content (AvgIpc) is 3.09. The van der Waals surface area contributed by atoms with Crippen LogP contribution in [-0.4, -0.2) is 54.5 Å². The van der Waals surface area contributed by atoms with Crippen LogP contribution in [0.5, 0.6) is 0 Å². The lowest BCUT2D eigenvalue weighted by Gasteiger charge is -2.19. The van der Waals surface area contributed by atoms with E-state index in [1.54, 1.807) is 0 Å². The number of carboxylic acids is 1. The van der Waals surface area contributed by atoms with Crippen molar-refractivity contribution in [2.45, 2.75) is 31.5 Å². The normalized spacial score (nSPS) is 13.9. The fourth-order valence-corrected chi connectivity index (χ4v) is 1.94. The van der Waals surface area contributed by atoms with Crippen molar-refractivity contribution in [3.05, 3.63) is 24.5 Å². The second-order valence-corrected chi connectivity index (χ2v) is 5.18. The Morgan fingerprint density at radius 2 is 2.15 bits per heavy atom. The first-order chi connectivity index (χ1) is 12.4. The van der Waals surface area contributed by atoms with Gasteiger partial charge in [0.2, 0.25) is 5.82 Å². The molecular weight excluding hydrogens is 344 g/mol. The average molecular weight is 360 g/mol. The van der Waals surface area contributed by atoms with Crippen LogP contribution in [0.2, 0.25) is 0 Å². The standard InChI is InChI=1S/C15H16N6O5/c1-3-4-9(18-15(25)19-11(8(2)22)14(23)24)13-20-12(21-26-13)10-7-16-5-6-17-10/h1,5-9,11,22H,4H2,2H3,(H,23,24)(H2,18,19,25)/t8-,9+,11+/m1/s1. The van der Waals surface area contributed by atoms with E-state index in [9.17, 15) is 14.7 Å². The van der Waals surface area contributed by atoms with Crippen LogP contribution in [0.15, 0.2) is 23.1 Å². The molecule has 0 aliphatic heterocycles. The third-order valence-electron chi connectivity index (χ3n) is 3.19. The van der Waals surface area contributed by atoms with Crippen molar-refractivity contribution in [1.29, 1.82) is 0 Å². The number of hydrogen-bond donors (Lipinski definition) is 4. The lowest BCUT2D eigenvalue weighted by atomic mass is 10.2. The zero-order chi connectivity index (χ0) is 19.1. The van der Waals surface area contributed by atoms with E-state index in [0.29, 0.717) is 5.69 Å². The molecule has 0 spiro atoms. The van der Waals surface area contributed by atoms with E-state index in [0.717, 1.165) is 0 Å². The van der Waals surface area contributed by atoms with Crippen LogP contribution < -0.4 is 10.6 Å². The van der Waals surface area contributed by atoms with E-state index in [-0.39, 0.29) is 18.1 Å². The number of terminal acetylenes is 1. The number of rotatable bonds is 7. The minimum Gasteiger partial charge on any atom is -0.480 e. The number of aliphatic hydroxyl groups is 1. The molecule has 11 heteroatoms. The molecular formula is C15H16N6O5.